The van der Waals surface area contributed by atoms with Crippen molar-refractivity contribution in [1.29, 1.82) is 5.41 Å². The van der Waals surface area contributed by atoms with Crippen molar-refractivity contribution >= 4 is 41.8 Å². The smallest absolute Gasteiger partial charge is 0.317 e. The van der Waals surface area contributed by atoms with Crippen LogP contribution in [0.4, 0.5) is 17.5 Å². The van der Waals surface area contributed by atoms with Gasteiger partial charge in [0.15, 0.2) is 0 Å². The molecule has 1 aliphatic heterocycles. The number of rotatable bonds is 7. The Morgan fingerprint density at radius 1 is 1.00 bits per heavy atom. The van der Waals surface area contributed by atoms with E-state index in [0.29, 0.717) is 22.8 Å². The third-order valence-electron chi connectivity index (χ3n) is 5.05. The van der Waals surface area contributed by atoms with E-state index in [9.17, 15) is 4.79 Å². The van der Waals surface area contributed by atoms with Gasteiger partial charge in [-0.3, -0.25) is 10.2 Å². The number of amides is 1. The molecule has 11 nitrogen and oxygen atoms in total. The number of anilines is 3. The fraction of sp³-hybridized carbons (Fsp3) is 0.0417. The highest BCUT2D eigenvalue weighted by Crippen LogP contribution is 2.25. The number of aliphatic imine (C=N–C) groups is 2. The molecule has 3 heterocycles. The molecule has 35 heavy (non-hydrogen) atoms. The Morgan fingerprint density at radius 3 is 2.63 bits per heavy atom. The largest absolute Gasteiger partial charge is 0.403 e. The maximum Gasteiger partial charge on any atom is 0.317 e. The Bertz CT molecular complexity index is 1410. The van der Waals surface area contributed by atoms with Crippen LogP contribution in [0, 0.1) is 5.41 Å². The molecule has 172 valence electrons. The summed E-state index contributed by atoms with van der Waals surface area (Å²) >= 11 is 0. The summed E-state index contributed by atoms with van der Waals surface area (Å²) in [5, 5.41) is 23.6. The summed E-state index contributed by atoms with van der Waals surface area (Å²) in [6.07, 6.45) is 2.82. The van der Waals surface area contributed by atoms with Gasteiger partial charge in [0.2, 0.25) is 6.17 Å². The van der Waals surface area contributed by atoms with E-state index in [1.54, 1.807) is 18.3 Å². The number of benzene rings is 2. The molecule has 4 N–H and O–H groups in total. The van der Waals surface area contributed by atoms with Gasteiger partial charge in [0.1, 0.15) is 12.2 Å². The lowest BCUT2D eigenvalue weighted by atomic mass is 10.0. The molecule has 1 atom stereocenters. The first-order valence-electron chi connectivity index (χ1n) is 10.6. The Balaban J connectivity index is 1.40. The van der Waals surface area contributed by atoms with Crippen LogP contribution in [0.1, 0.15) is 11.1 Å². The number of benzodiazepines with no additional fused rings is 1. The number of hydrogen-bond donors (Lipinski definition) is 4. The highest BCUT2D eigenvalue weighted by molar-refractivity contribution is 6.19. The van der Waals surface area contributed by atoms with Crippen molar-refractivity contribution in [2.75, 3.05) is 16.0 Å². The molecule has 2 aromatic carbocycles. The average Bonchev–Trinajstić information content (AvgIpc) is 3.31. The number of aromatic nitrogens is 3. The maximum atomic E-state index is 13.0. The third kappa shape index (κ3) is 4.78. The second-order valence-electron chi connectivity index (χ2n) is 7.32. The summed E-state index contributed by atoms with van der Waals surface area (Å²) in [7, 11) is 0. The van der Waals surface area contributed by atoms with Gasteiger partial charge in [-0.15, -0.1) is 5.10 Å². The standard InChI is InChI=1S/C24H19N9O2/c25-13-26-14-28-19-11-10-16(12-27-19)23-32-33-24(35-23)31-21-22(34)29-18-9-5-4-8-17(18)20(30-21)15-6-2-1-3-7-15/h1-14,21H,(H,29,34)(H,31,33)(H2,25,26,27,28). The van der Waals surface area contributed by atoms with Crippen LogP contribution < -0.4 is 16.0 Å². The zero-order valence-electron chi connectivity index (χ0n) is 18.2. The fourth-order valence-corrected chi connectivity index (χ4v) is 3.44. The van der Waals surface area contributed by atoms with Crippen molar-refractivity contribution in [3.05, 3.63) is 84.1 Å². The van der Waals surface area contributed by atoms with E-state index < -0.39 is 6.17 Å². The molecule has 0 bridgehead atoms. The minimum absolute atomic E-state index is 0.0441. The van der Waals surface area contributed by atoms with Crippen LogP contribution in [-0.2, 0) is 4.79 Å². The topological polar surface area (TPSA) is 154 Å². The summed E-state index contributed by atoms with van der Waals surface area (Å²) in [5.74, 6) is 0.408. The highest BCUT2D eigenvalue weighted by Gasteiger charge is 2.27. The molecule has 0 radical (unpaired) electrons. The van der Waals surface area contributed by atoms with Gasteiger partial charge in [0.25, 0.3) is 11.8 Å². The molecule has 1 amide bonds. The molecule has 0 saturated carbocycles. The Kier molecular flexibility index (Phi) is 6.03. The first-order chi connectivity index (χ1) is 17.2. The number of hydrogen-bond acceptors (Lipinski definition) is 8. The Hall–Kier alpha value is -5.19. The number of pyridine rings is 1. The van der Waals surface area contributed by atoms with Crippen LogP contribution in [-0.4, -0.2) is 45.6 Å². The van der Waals surface area contributed by atoms with Crippen LogP contribution in [0.25, 0.3) is 11.5 Å². The third-order valence-corrected chi connectivity index (χ3v) is 5.05. The number of carbonyl (C=O) groups is 1. The van der Waals surface area contributed by atoms with Crippen molar-refractivity contribution in [2.45, 2.75) is 6.17 Å². The predicted octanol–water partition coefficient (Wildman–Crippen LogP) is 3.41. The molecule has 0 fully saturated rings. The normalized spacial score (nSPS) is 15.0. The van der Waals surface area contributed by atoms with Crippen molar-refractivity contribution in [2.24, 2.45) is 9.98 Å². The second kappa shape index (κ2) is 9.75. The van der Waals surface area contributed by atoms with E-state index in [1.165, 1.54) is 6.34 Å². The number of nitrogens with one attached hydrogen (secondary N) is 4. The van der Waals surface area contributed by atoms with Crippen LogP contribution in [0.3, 0.4) is 0 Å². The van der Waals surface area contributed by atoms with Gasteiger partial charge in [-0.25, -0.2) is 15.0 Å². The lowest BCUT2D eigenvalue weighted by Crippen LogP contribution is -2.32. The Labute approximate surface area is 199 Å². The molecule has 0 saturated heterocycles. The molecule has 0 spiro atoms. The van der Waals surface area contributed by atoms with Crippen LogP contribution in [0.15, 0.2) is 87.3 Å². The zero-order chi connectivity index (χ0) is 24.0. The predicted molar refractivity (Wildman–Crippen MR) is 133 cm³/mol. The van der Waals surface area contributed by atoms with Crippen molar-refractivity contribution in [1.82, 2.24) is 15.2 Å². The van der Waals surface area contributed by atoms with Gasteiger partial charge in [-0.2, -0.15) is 0 Å². The number of nitrogens with zero attached hydrogens (tertiary/aromatic N) is 5. The van der Waals surface area contributed by atoms with Gasteiger partial charge in [0, 0.05) is 17.3 Å². The molecular formula is C24H19N9O2. The summed E-state index contributed by atoms with van der Waals surface area (Å²) < 4.78 is 5.72. The quantitative estimate of drug-likeness (QED) is 0.241. The average molecular weight is 465 g/mol. The highest BCUT2D eigenvalue weighted by atomic mass is 16.4. The monoisotopic (exact) mass is 465 g/mol. The zero-order valence-corrected chi connectivity index (χ0v) is 18.2. The summed E-state index contributed by atoms with van der Waals surface area (Å²) in [6.45, 7) is 0. The lowest BCUT2D eigenvalue weighted by molar-refractivity contribution is -0.116. The number of fused-ring (bicyclic) bond motifs is 1. The molecule has 1 unspecified atom stereocenters. The maximum absolute atomic E-state index is 13.0. The van der Waals surface area contributed by atoms with Crippen molar-refractivity contribution in [3.8, 4) is 11.5 Å². The fourth-order valence-electron chi connectivity index (χ4n) is 3.44. The minimum Gasteiger partial charge on any atom is -0.403 e. The summed E-state index contributed by atoms with van der Waals surface area (Å²) in [6, 6.07) is 20.6. The molecule has 4 aromatic rings. The van der Waals surface area contributed by atoms with E-state index in [-0.39, 0.29) is 17.8 Å². The van der Waals surface area contributed by atoms with Crippen LogP contribution in [0.5, 0.6) is 0 Å². The Morgan fingerprint density at radius 2 is 1.83 bits per heavy atom. The minimum atomic E-state index is -0.997. The van der Waals surface area contributed by atoms with Gasteiger partial charge >= 0.3 is 6.01 Å². The van der Waals surface area contributed by atoms with E-state index in [1.807, 2.05) is 54.6 Å². The first-order valence-corrected chi connectivity index (χ1v) is 10.6. The van der Waals surface area contributed by atoms with E-state index in [0.717, 1.165) is 17.5 Å². The van der Waals surface area contributed by atoms with Crippen LogP contribution >= 0.6 is 0 Å². The SMILES string of the molecule is N=C/N=C\Nc1ccc(-c2nnc(NC3N=C(c4ccccc4)c4ccccc4NC3=O)o2)cn1. The van der Waals surface area contributed by atoms with Crippen molar-refractivity contribution in [3.63, 3.8) is 0 Å². The summed E-state index contributed by atoms with van der Waals surface area (Å²) in [5.41, 5.74) is 3.61. The molecule has 1 aliphatic rings. The second-order valence-corrected chi connectivity index (χ2v) is 7.32. The molecule has 2 aromatic heterocycles. The summed E-state index contributed by atoms with van der Waals surface area (Å²) in [4.78, 5) is 25.5. The number of para-hydroxylation sites is 1. The van der Waals surface area contributed by atoms with Gasteiger partial charge in [-0.05, 0) is 18.2 Å². The van der Waals surface area contributed by atoms with E-state index in [4.69, 9.17) is 14.8 Å². The molecule has 11 heteroatoms. The van der Waals surface area contributed by atoms with Crippen molar-refractivity contribution < 1.29 is 9.21 Å². The van der Waals surface area contributed by atoms with E-state index >= 15 is 0 Å². The molecule has 5 rings (SSSR count). The number of carbonyl (C=O) groups excluding carboxylic acids is 1. The van der Waals surface area contributed by atoms with E-state index in [2.05, 4.69) is 36.1 Å². The molecule has 0 aliphatic carbocycles. The van der Waals surface area contributed by atoms with Gasteiger partial charge < -0.3 is 20.4 Å². The van der Waals surface area contributed by atoms with Gasteiger partial charge in [-0.1, -0.05) is 53.6 Å². The van der Waals surface area contributed by atoms with Crippen LogP contribution in [0.2, 0.25) is 0 Å². The molecular weight excluding hydrogens is 446 g/mol. The van der Waals surface area contributed by atoms with Gasteiger partial charge in [0.05, 0.1) is 23.3 Å². The lowest BCUT2D eigenvalue weighted by Gasteiger charge is -2.11. The first kappa shape index (κ1) is 21.6.